The van der Waals surface area contributed by atoms with E-state index in [0.717, 1.165) is 5.92 Å². The van der Waals surface area contributed by atoms with Crippen molar-refractivity contribution in [1.29, 1.82) is 0 Å². The van der Waals surface area contributed by atoms with E-state index < -0.39 is 0 Å². The highest BCUT2D eigenvalue weighted by Crippen LogP contribution is 2.39. The molecule has 2 atom stereocenters. The van der Waals surface area contributed by atoms with Gasteiger partial charge in [-0.15, -0.1) is 0 Å². The summed E-state index contributed by atoms with van der Waals surface area (Å²) in [5.74, 6) is 0.811. The van der Waals surface area contributed by atoms with Crippen LogP contribution < -0.4 is 5.32 Å². The summed E-state index contributed by atoms with van der Waals surface area (Å²) < 4.78 is 2.01. The van der Waals surface area contributed by atoms with Crippen LogP contribution in [0.25, 0.3) is 0 Å². The van der Waals surface area contributed by atoms with Crippen molar-refractivity contribution in [3.63, 3.8) is 0 Å². The van der Waals surface area contributed by atoms with Gasteiger partial charge in [0.1, 0.15) is 0 Å². The second kappa shape index (κ2) is 4.94. The first-order valence-corrected chi connectivity index (χ1v) is 7.16. The molecule has 1 N–H and O–H groups in total. The smallest absolute Gasteiger partial charge is 0.0728 e. The molecule has 0 aliphatic heterocycles. The molecule has 1 aliphatic carbocycles. The summed E-state index contributed by atoms with van der Waals surface area (Å²) in [7, 11) is 0. The predicted molar refractivity (Wildman–Crippen MR) is 76.8 cm³/mol. The van der Waals surface area contributed by atoms with Gasteiger partial charge in [-0.2, -0.15) is 5.10 Å². The maximum Gasteiger partial charge on any atom is 0.0728 e. The van der Waals surface area contributed by atoms with Crippen molar-refractivity contribution >= 4 is 5.69 Å². The van der Waals surface area contributed by atoms with Gasteiger partial charge in [0.25, 0.3) is 0 Å². The highest BCUT2D eigenvalue weighted by atomic mass is 15.3. The molecule has 1 fully saturated rings. The SMILES string of the molecule is CC1CC(Nc2cnn(C(C)C)c2)CC(C)(C)C1. The van der Waals surface area contributed by atoms with Gasteiger partial charge in [0.2, 0.25) is 0 Å². The molecule has 0 spiro atoms. The molecule has 2 rings (SSSR count). The average molecular weight is 249 g/mol. The molecular formula is C15H27N3. The van der Waals surface area contributed by atoms with E-state index in [0.29, 0.717) is 17.5 Å². The van der Waals surface area contributed by atoms with Crippen LogP contribution in [-0.2, 0) is 0 Å². The Morgan fingerprint density at radius 1 is 1.39 bits per heavy atom. The van der Waals surface area contributed by atoms with Crippen LogP contribution >= 0.6 is 0 Å². The quantitative estimate of drug-likeness (QED) is 0.874. The molecule has 0 bridgehead atoms. The molecule has 18 heavy (non-hydrogen) atoms. The summed E-state index contributed by atoms with van der Waals surface area (Å²) in [6, 6.07) is 1.02. The standard InChI is InChI=1S/C15H27N3/c1-11(2)18-10-14(9-16-18)17-13-6-12(3)7-15(4,5)8-13/h9-13,17H,6-8H2,1-5H3. The van der Waals surface area contributed by atoms with Crippen LogP contribution in [0.1, 0.15) is 59.9 Å². The first-order valence-electron chi connectivity index (χ1n) is 7.16. The second-order valence-electron chi connectivity index (χ2n) is 7.06. The zero-order valence-electron chi connectivity index (χ0n) is 12.4. The van der Waals surface area contributed by atoms with Gasteiger partial charge in [0, 0.05) is 18.3 Å². The first kappa shape index (κ1) is 13.4. The molecule has 1 aromatic heterocycles. The van der Waals surface area contributed by atoms with Gasteiger partial charge in [-0.3, -0.25) is 4.68 Å². The summed E-state index contributed by atoms with van der Waals surface area (Å²) in [6.07, 6.45) is 7.94. The Bertz CT molecular complexity index is 392. The summed E-state index contributed by atoms with van der Waals surface area (Å²) >= 11 is 0. The Balaban J connectivity index is 2.00. The summed E-state index contributed by atoms with van der Waals surface area (Å²) in [4.78, 5) is 0. The molecule has 0 radical (unpaired) electrons. The lowest BCUT2D eigenvalue weighted by atomic mass is 9.70. The molecule has 1 heterocycles. The molecule has 0 aromatic carbocycles. The Morgan fingerprint density at radius 3 is 2.67 bits per heavy atom. The van der Waals surface area contributed by atoms with E-state index in [2.05, 4.69) is 51.2 Å². The molecular weight excluding hydrogens is 222 g/mol. The fraction of sp³-hybridized carbons (Fsp3) is 0.800. The molecule has 2 unspecified atom stereocenters. The van der Waals surface area contributed by atoms with Crippen LogP contribution in [0.3, 0.4) is 0 Å². The van der Waals surface area contributed by atoms with Gasteiger partial charge >= 0.3 is 0 Å². The minimum atomic E-state index is 0.433. The number of aromatic nitrogens is 2. The van der Waals surface area contributed by atoms with Crippen LogP contribution in [-0.4, -0.2) is 15.8 Å². The molecule has 1 aromatic rings. The summed E-state index contributed by atoms with van der Waals surface area (Å²) in [6.45, 7) is 11.4. The third-order valence-electron chi connectivity index (χ3n) is 3.89. The number of hydrogen-bond donors (Lipinski definition) is 1. The second-order valence-corrected chi connectivity index (χ2v) is 7.06. The normalized spacial score (nSPS) is 27.4. The summed E-state index contributed by atoms with van der Waals surface area (Å²) in [5.41, 5.74) is 1.63. The molecule has 3 heteroatoms. The Hall–Kier alpha value is -0.990. The van der Waals surface area contributed by atoms with Gasteiger partial charge < -0.3 is 5.32 Å². The van der Waals surface area contributed by atoms with Crippen molar-refractivity contribution in [2.24, 2.45) is 11.3 Å². The first-order chi connectivity index (χ1) is 8.35. The highest BCUT2D eigenvalue weighted by molar-refractivity contribution is 5.39. The highest BCUT2D eigenvalue weighted by Gasteiger charge is 2.31. The largest absolute Gasteiger partial charge is 0.380 e. The Kier molecular flexibility index (Phi) is 3.69. The lowest BCUT2D eigenvalue weighted by Gasteiger charge is -2.39. The van der Waals surface area contributed by atoms with E-state index in [1.165, 1.54) is 24.9 Å². The topological polar surface area (TPSA) is 29.9 Å². The van der Waals surface area contributed by atoms with E-state index in [-0.39, 0.29) is 0 Å². The predicted octanol–water partition coefficient (Wildman–Crippen LogP) is 4.09. The number of nitrogens with one attached hydrogen (secondary N) is 1. The maximum atomic E-state index is 4.39. The zero-order chi connectivity index (χ0) is 13.3. The third-order valence-corrected chi connectivity index (χ3v) is 3.89. The van der Waals surface area contributed by atoms with Gasteiger partial charge in [-0.25, -0.2) is 0 Å². The van der Waals surface area contributed by atoms with Crippen LogP contribution in [0.2, 0.25) is 0 Å². The van der Waals surface area contributed by atoms with Crippen molar-refractivity contribution in [3.8, 4) is 0 Å². The van der Waals surface area contributed by atoms with Gasteiger partial charge in [0.15, 0.2) is 0 Å². The molecule has 0 saturated heterocycles. The minimum Gasteiger partial charge on any atom is -0.380 e. The Morgan fingerprint density at radius 2 is 2.11 bits per heavy atom. The lowest BCUT2D eigenvalue weighted by molar-refractivity contribution is 0.178. The van der Waals surface area contributed by atoms with Crippen LogP contribution in [0.4, 0.5) is 5.69 Å². The number of rotatable bonds is 3. The van der Waals surface area contributed by atoms with E-state index in [1.54, 1.807) is 0 Å². The third kappa shape index (κ3) is 3.27. The van der Waals surface area contributed by atoms with Gasteiger partial charge in [-0.05, 0) is 44.4 Å². The van der Waals surface area contributed by atoms with Crippen LogP contribution in [0.15, 0.2) is 12.4 Å². The molecule has 0 amide bonds. The van der Waals surface area contributed by atoms with Gasteiger partial charge in [-0.1, -0.05) is 20.8 Å². The zero-order valence-corrected chi connectivity index (χ0v) is 12.4. The van der Waals surface area contributed by atoms with Crippen molar-refractivity contribution in [2.45, 2.75) is 66.0 Å². The van der Waals surface area contributed by atoms with E-state index in [1.807, 2.05) is 10.9 Å². The van der Waals surface area contributed by atoms with E-state index in [4.69, 9.17) is 0 Å². The summed E-state index contributed by atoms with van der Waals surface area (Å²) in [5, 5.41) is 8.05. The van der Waals surface area contributed by atoms with Crippen molar-refractivity contribution < 1.29 is 0 Å². The van der Waals surface area contributed by atoms with Crippen molar-refractivity contribution in [1.82, 2.24) is 9.78 Å². The van der Waals surface area contributed by atoms with E-state index >= 15 is 0 Å². The van der Waals surface area contributed by atoms with Crippen molar-refractivity contribution in [3.05, 3.63) is 12.4 Å². The number of hydrogen-bond acceptors (Lipinski definition) is 2. The van der Waals surface area contributed by atoms with Crippen LogP contribution in [0.5, 0.6) is 0 Å². The van der Waals surface area contributed by atoms with Gasteiger partial charge in [0.05, 0.1) is 11.9 Å². The lowest BCUT2D eigenvalue weighted by Crippen LogP contribution is -2.35. The fourth-order valence-electron chi connectivity index (χ4n) is 3.39. The number of anilines is 1. The fourth-order valence-corrected chi connectivity index (χ4v) is 3.39. The maximum absolute atomic E-state index is 4.39. The molecule has 1 aliphatic rings. The minimum absolute atomic E-state index is 0.433. The van der Waals surface area contributed by atoms with Crippen molar-refractivity contribution in [2.75, 3.05) is 5.32 Å². The molecule has 3 nitrogen and oxygen atoms in total. The Labute approximate surface area is 111 Å². The number of nitrogens with zero attached hydrogens (tertiary/aromatic N) is 2. The molecule has 102 valence electrons. The molecule has 1 saturated carbocycles. The average Bonchev–Trinajstić information content (AvgIpc) is 2.62. The van der Waals surface area contributed by atoms with E-state index in [9.17, 15) is 0 Å². The van der Waals surface area contributed by atoms with Crippen LogP contribution in [0, 0.1) is 11.3 Å². The monoisotopic (exact) mass is 249 g/mol.